The summed E-state index contributed by atoms with van der Waals surface area (Å²) in [6.07, 6.45) is 2.97. The van der Waals surface area contributed by atoms with Crippen molar-refractivity contribution in [2.45, 2.75) is 49.2 Å². The highest BCUT2D eigenvalue weighted by atomic mass is 32.2. The van der Waals surface area contributed by atoms with Gasteiger partial charge in [-0.3, -0.25) is 4.79 Å². The summed E-state index contributed by atoms with van der Waals surface area (Å²) in [6, 6.07) is 14.1. The van der Waals surface area contributed by atoms with Crippen molar-refractivity contribution >= 4 is 17.7 Å². The largest absolute Gasteiger partial charge is 0.435 e. The number of nitrogens with one attached hydrogen (secondary N) is 1. The molecule has 168 valence electrons. The van der Waals surface area contributed by atoms with E-state index in [0.717, 1.165) is 19.3 Å². The number of carbonyl (C=O) groups is 1. The summed E-state index contributed by atoms with van der Waals surface area (Å²) < 4.78 is 30.3. The normalized spacial score (nSPS) is 16.4. The highest BCUT2D eigenvalue weighted by Crippen LogP contribution is 2.31. The molecule has 0 fully saturated rings. The zero-order valence-electron chi connectivity index (χ0n) is 17.4. The van der Waals surface area contributed by atoms with E-state index in [0.29, 0.717) is 16.5 Å². The van der Waals surface area contributed by atoms with Crippen molar-refractivity contribution in [3.63, 3.8) is 0 Å². The van der Waals surface area contributed by atoms with Crippen LogP contribution in [0.4, 0.5) is 8.78 Å². The Balaban J connectivity index is 1.41. The third kappa shape index (κ3) is 4.85. The van der Waals surface area contributed by atoms with Crippen molar-refractivity contribution in [3.05, 3.63) is 59.7 Å². The van der Waals surface area contributed by atoms with Gasteiger partial charge in [0.2, 0.25) is 11.1 Å². The first-order valence-electron chi connectivity index (χ1n) is 10.2. The van der Waals surface area contributed by atoms with Gasteiger partial charge >= 0.3 is 6.61 Å². The molecule has 0 radical (unpaired) electrons. The lowest BCUT2D eigenvalue weighted by Gasteiger charge is -2.27. The molecule has 2 atom stereocenters. The van der Waals surface area contributed by atoms with Crippen molar-refractivity contribution in [3.8, 4) is 17.1 Å². The van der Waals surface area contributed by atoms with Crippen molar-refractivity contribution in [2.24, 2.45) is 0 Å². The minimum atomic E-state index is -2.89. The predicted molar refractivity (Wildman–Crippen MR) is 118 cm³/mol. The number of aryl methyl sites for hydroxylation is 1. The maximum Gasteiger partial charge on any atom is 0.387 e. The molecule has 4 rings (SSSR count). The molecule has 2 aromatic carbocycles. The molecular formula is C22H23F2N5O2S. The number of nitrogens with zero attached hydrogens (tertiary/aromatic N) is 3. The van der Waals surface area contributed by atoms with Gasteiger partial charge in [-0.15, -0.1) is 10.2 Å². The smallest absolute Gasteiger partial charge is 0.387 e. The zero-order chi connectivity index (χ0) is 22.7. The van der Waals surface area contributed by atoms with Crippen LogP contribution < -0.4 is 15.9 Å². The van der Waals surface area contributed by atoms with Crippen LogP contribution in [0.25, 0.3) is 11.4 Å². The van der Waals surface area contributed by atoms with E-state index in [-0.39, 0.29) is 17.7 Å². The van der Waals surface area contributed by atoms with Gasteiger partial charge in [0.15, 0.2) is 5.82 Å². The van der Waals surface area contributed by atoms with Crippen LogP contribution in [-0.2, 0) is 11.2 Å². The van der Waals surface area contributed by atoms with Crippen LogP contribution in [-0.4, -0.2) is 32.6 Å². The van der Waals surface area contributed by atoms with Crippen molar-refractivity contribution < 1.29 is 18.3 Å². The quantitative estimate of drug-likeness (QED) is 0.411. The van der Waals surface area contributed by atoms with E-state index in [2.05, 4.69) is 32.4 Å². The summed E-state index contributed by atoms with van der Waals surface area (Å²) in [5, 5.41) is 11.2. The lowest BCUT2D eigenvalue weighted by atomic mass is 9.88. The number of hydrogen-bond acceptors (Lipinski definition) is 6. The lowest BCUT2D eigenvalue weighted by molar-refractivity contribution is -0.121. The number of rotatable bonds is 7. The van der Waals surface area contributed by atoms with Crippen LogP contribution >= 0.6 is 11.8 Å². The van der Waals surface area contributed by atoms with Crippen molar-refractivity contribution in [2.75, 3.05) is 5.84 Å². The molecule has 10 heteroatoms. The van der Waals surface area contributed by atoms with Crippen LogP contribution in [0.2, 0.25) is 0 Å². The molecule has 0 bridgehead atoms. The van der Waals surface area contributed by atoms with Gasteiger partial charge in [0.1, 0.15) is 5.75 Å². The molecule has 1 amide bonds. The molecule has 7 nitrogen and oxygen atoms in total. The third-order valence-electron chi connectivity index (χ3n) is 5.34. The van der Waals surface area contributed by atoms with Crippen molar-refractivity contribution in [1.82, 2.24) is 20.2 Å². The zero-order valence-corrected chi connectivity index (χ0v) is 18.2. The molecule has 1 heterocycles. The Bertz CT molecular complexity index is 1090. The Morgan fingerprint density at radius 3 is 2.72 bits per heavy atom. The number of ether oxygens (including phenoxy) is 1. The molecule has 0 saturated carbocycles. The van der Waals surface area contributed by atoms with E-state index >= 15 is 0 Å². The predicted octanol–water partition coefficient (Wildman–Crippen LogP) is 3.93. The van der Waals surface area contributed by atoms with Gasteiger partial charge in [-0.05, 0) is 61.6 Å². The van der Waals surface area contributed by atoms with Crippen LogP contribution in [0.3, 0.4) is 0 Å². The first-order chi connectivity index (χ1) is 15.4. The van der Waals surface area contributed by atoms with E-state index in [4.69, 9.17) is 5.84 Å². The highest BCUT2D eigenvalue weighted by molar-refractivity contribution is 8.00. The molecule has 0 saturated heterocycles. The molecule has 0 spiro atoms. The van der Waals surface area contributed by atoms with Crippen LogP contribution in [0.15, 0.2) is 53.7 Å². The third-order valence-corrected chi connectivity index (χ3v) is 6.40. The van der Waals surface area contributed by atoms with E-state index in [1.54, 1.807) is 19.1 Å². The number of fused-ring (bicyclic) bond motifs is 1. The second-order valence-electron chi connectivity index (χ2n) is 7.49. The Morgan fingerprint density at radius 1 is 1.22 bits per heavy atom. The minimum absolute atomic E-state index is 0.00391. The summed E-state index contributed by atoms with van der Waals surface area (Å²) in [6.45, 7) is -1.10. The number of thioether (sulfide) groups is 1. The molecule has 3 aromatic rings. The number of amides is 1. The summed E-state index contributed by atoms with van der Waals surface area (Å²) in [5.41, 5.74) is 3.04. The van der Waals surface area contributed by atoms with E-state index in [1.807, 2.05) is 12.1 Å². The molecule has 1 aromatic heterocycles. The number of nitrogens with two attached hydrogens (primary N) is 1. The Hall–Kier alpha value is -3.14. The molecule has 0 unspecified atom stereocenters. The lowest BCUT2D eigenvalue weighted by Crippen LogP contribution is -2.36. The number of nitrogen functional groups attached to an aromatic ring is 1. The second kappa shape index (κ2) is 9.56. The maximum atomic E-state index is 12.8. The van der Waals surface area contributed by atoms with Gasteiger partial charge < -0.3 is 15.9 Å². The number of benzene rings is 2. The number of halogens is 2. The SMILES string of the molecule is C[C@@H](Sc1nnc(-c2ccc(OC(F)F)cc2)n1N)C(=O)N[C@H]1CCCc2ccccc21. The molecule has 1 aliphatic carbocycles. The summed E-state index contributed by atoms with van der Waals surface area (Å²) in [4.78, 5) is 12.8. The van der Waals surface area contributed by atoms with Gasteiger partial charge in [0, 0.05) is 5.56 Å². The van der Waals surface area contributed by atoms with Crippen LogP contribution in [0.1, 0.15) is 36.9 Å². The number of aromatic nitrogens is 3. The van der Waals surface area contributed by atoms with Gasteiger partial charge in [-0.25, -0.2) is 4.68 Å². The van der Waals surface area contributed by atoms with Crippen molar-refractivity contribution in [1.29, 1.82) is 0 Å². The summed E-state index contributed by atoms with van der Waals surface area (Å²) in [5.74, 6) is 6.43. The Labute approximate surface area is 188 Å². The first-order valence-corrected chi connectivity index (χ1v) is 11.1. The Kier molecular flexibility index (Phi) is 6.59. The fourth-order valence-corrected chi connectivity index (χ4v) is 4.52. The van der Waals surface area contributed by atoms with E-state index < -0.39 is 11.9 Å². The number of carbonyl (C=O) groups excluding carboxylic acids is 1. The van der Waals surface area contributed by atoms with Gasteiger partial charge in [0.05, 0.1) is 11.3 Å². The van der Waals surface area contributed by atoms with Crippen LogP contribution in [0.5, 0.6) is 5.75 Å². The van der Waals surface area contributed by atoms with Gasteiger partial charge in [-0.1, -0.05) is 36.0 Å². The molecule has 32 heavy (non-hydrogen) atoms. The highest BCUT2D eigenvalue weighted by Gasteiger charge is 2.25. The number of alkyl halides is 2. The molecule has 0 aliphatic heterocycles. The Morgan fingerprint density at radius 2 is 1.97 bits per heavy atom. The average molecular weight is 460 g/mol. The van der Waals surface area contributed by atoms with E-state index in [1.165, 1.54) is 39.7 Å². The number of hydrogen-bond donors (Lipinski definition) is 2. The fraction of sp³-hybridized carbons (Fsp3) is 0.318. The molecule has 3 N–H and O–H groups in total. The summed E-state index contributed by atoms with van der Waals surface area (Å²) >= 11 is 1.20. The monoisotopic (exact) mass is 459 g/mol. The second-order valence-corrected chi connectivity index (χ2v) is 8.80. The summed E-state index contributed by atoms with van der Waals surface area (Å²) in [7, 11) is 0. The maximum absolute atomic E-state index is 12.8. The van der Waals surface area contributed by atoms with Crippen LogP contribution in [0, 0.1) is 0 Å². The minimum Gasteiger partial charge on any atom is -0.435 e. The molecular weight excluding hydrogens is 436 g/mol. The van der Waals surface area contributed by atoms with E-state index in [9.17, 15) is 13.6 Å². The van der Waals surface area contributed by atoms with Gasteiger partial charge in [-0.2, -0.15) is 8.78 Å². The molecule has 1 aliphatic rings. The first kappa shape index (κ1) is 22.1. The average Bonchev–Trinajstić information content (AvgIpc) is 3.14. The standard InChI is InChI=1S/C22H23F2N5O2S/c1-13(20(30)26-18-8-4-6-14-5-2-3-7-17(14)18)32-22-28-27-19(29(22)25)15-9-11-16(12-10-15)31-21(23)24/h2-3,5,7,9-13,18,21H,4,6,8,25H2,1H3,(H,26,30)/t13-,18+/m1/s1. The topological polar surface area (TPSA) is 95.1 Å². The fourth-order valence-electron chi connectivity index (χ4n) is 3.74. The van der Waals surface area contributed by atoms with Gasteiger partial charge in [0.25, 0.3) is 0 Å².